The van der Waals surface area contributed by atoms with E-state index in [9.17, 15) is 4.39 Å². The van der Waals surface area contributed by atoms with Gasteiger partial charge < -0.3 is 10.2 Å². The quantitative estimate of drug-likeness (QED) is 0.870. The minimum absolute atomic E-state index is 0.0422. The lowest BCUT2D eigenvalue weighted by atomic mass is 10.1. The molecule has 1 saturated heterocycles. The molecule has 1 fully saturated rings. The Kier molecular flexibility index (Phi) is 5.58. The smallest absolute Gasteiger partial charge is 0.128 e. The Labute approximate surface area is 129 Å². The average molecular weight is 343 g/mol. The third-order valence-electron chi connectivity index (χ3n) is 4.18. The van der Waals surface area contributed by atoms with E-state index in [1.165, 1.54) is 19.0 Å². The van der Waals surface area contributed by atoms with Gasteiger partial charge in [-0.2, -0.15) is 0 Å². The number of nitrogens with one attached hydrogen (secondary N) is 1. The summed E-state index contributed by atoms with van der Waals surface area (Å²) in [6.45, 7) is 9.81. The van der Waals surface area contributed by atoms with E-state index in [1.54, 1.807) is 6.07 Å². The van der Waals surface area contributed by atoms with Crippen molar-refractivity contribution in [3.8, 4) is 0 Å². The fourth-order valence-electron chi connectivity index (χ4n) is 2.80. The molecule has 2 rings (SSSR count). The van der Waals surface area contributed by atoms with Crippen LogP contribution >= 0.6 is 15.9 Å². The Morgan fingerprint density at radius 2 is 2.15 bits per heavy atom. The highest BCUT2D eigenvalue weighted by molar-refractivity contribution is 9.10. The summed E-state index contributed by atoms with van der Waals surface area (Å²) in [5.74, 6) is 0.540. The summed E-state index contributed by atoms with van der Waals surface area (Å²) in [6, 6.07) is 5.79. The topological polar surface area (TPSA) is 15.3 Å². The maximum absolute atomic E-state index is 13.8. The van der Waals surface area contributed by atoms with E-state index in [4.69, 9.17) is 0 Å². The Hall–Kier alpha value is -0.450. The third-order valence-corrected chi connectivity index (χ3v) is 4.68. The van der Waals surface area contributed by atoms with Crippen LogP contribution in [0.5, 0.6) is 0 Å². The van der Waals surface area contributed by atoms with Crippen LogP contribution in [0.3, 0.4) is 0 Å². The second-order valence-electron chi connectivity index (χ2n) is 6.04. The molecule has 0 spiro atoms. The molecule has 2 nitrogen and oxygen atoms in total. The third kappa shape index (κ3) is 4.03. The molecular weight excluding hydrogens is 319 g/mol. The normalized spacial score (nSPS) is 21.6. The van der Waals surface area contributed by atoms with Gasteiger partial charge >= 0.3 is 0 Å². The molecular formula is C16H24BrFN2. The van der Waals surface area contributed by atoms with E-state index in [2.05, 4.69) is 40.0 Å². The first-order valence-corrected chi connectivity index (χ1v) is 8.19. The van der Waals surface area contributed by atoms with Gasteiger partial charge in [0.1, 0.15) is 5.82 Å². The zero-order valence-corrected chi connectivity index (χ0v) is 14.1. The fraction of sp³-hybridized carbons (Fsp3) is 0.625. The van der Waals surface area contributed by atoms with Crippen LogP contribution < -0.4 is 5.32 Å². The number of hydrogen-bond acceptors (Lipinski definition) is 2. The summed E-state index contributed by atoms with van der Waals surface area (Å²) in [5, 5.41) is 3.48. The van der Waals surface area contributed by atoms with Crippen LogP contribution in [0, 0.1) is 11.7 Å². The van der Waals surface area contributed by atoms with Crippen LogP contribution in [-0.2, 0) is 0 Å². The van der Waals surface area contributed by atoms with Gasteiger partial charge in [0.25, 0.3) is 0 Å². The molecule has 2 unspecified atom stereocenters. The first-order chi connectivity index (χ1) is 9.47. The highest BCUT2D eigenvalue weighted by Gasteiger charge is 2.24. The molecule has 1 aliphatic heterocycles. The molecule has 20 heavy (non-hydrogen) atoms. The lowest BCUT2D eigenvalue weighted by molar-refractivity contribution is 0.263. The number of likely N-dealkylation sites (tertiary alicyclic amines) is 1. The lowest BCUT2D eigenvalue weighted by Crippen LogP contribution is -2.31. The highest BCUT2D eigenvalue weighted by Crippen LogP contribution is 2.23. The largest absolute Gasteiger partial charge is 0.310 e. The van der Waals surface area contributed by atoms with Crippen molar-refractivity contribution in [3.63, 3.8) is 0 Å². The predicted octanol–water partition coefficient (Wildman–Crippen LogP) is 3.97. The molecule has 112 valence electrons. The van der Waals surface area contributed by atoms with E-state index in [0.717, 1.165) is 23.1 Å². The Balaban J connectivity index is 1.86. The average Bonchev–Trinajstić information content (AvgIpc) is 2.88. The van der Waals surface area contributed by atoms with Crippen molar-refractivity contribution in [2.24, 2.45) is 5.92 Å². The molecule has 1 aromatic carbocycles. The van der Waals surface area contributed by atoms with Crippen LogP contribution in [-0.4, -0.2) is 30.6 Å². The molecule has 0 saturated carbocycles. The maximum Gasteiger partial charge on any atom is 0.128 e. The van der Waals surface area contributed by atoms with E-state index in [-0.39, 0.29) is 11.9 Å². The number of hydrogen-bond donors (Lipinski definition) is 1. The first-order valence-electron chi connectivity index (χ1n) is 7.39. The van der Waals surface area contributed by atoms with E-state index in [0.29, 0.717) is 12.0 Å². The molecule has 0 aromatic heterocycles. The van der Waals surface area contributed by atoms with Gasteiger partial charge in [-0.15, -0.1) is 0 Å². The van der Waals surface area contributed by atoms with Crippen LogP contribution in [0.1, 0.15) is 38.8 Å². The molecule has 0 amide bonds. The molecule has 1 N–H and O–H groups in total. The van der Waals surface area contributed by atoms with Crippen LogP contribution in [0.4, 0.5) is 4.39 Å². The molecule has 0 bridgehead atoms. The van der Waals surface area contributed by atoms with Crippen LogP contribution in [0.2, 0.25) is 0 Å². The van der Waals surface area contributed by atoms with E-state index < -0.39 is 0 Å². The molecule has 4 heteroatoms. The van der Waals surface area contributed by atoms with Crippen molar-refractivity contribution in [2.45, 2.75) is 39.3 Å². The zero-order valence-electron chi connectivity index (χ0n) is 12.5. The molecule has 2 atom stereocenters. The monoisotopic (exact) mass is 342 g/mol. The van der Waals surface area contributed by atoms with Crippen LogP contribution in [0.15, 0.2) is 22.7 Å². The molecule has 0 radical (unpaired) electrons. The standard InChI is InChI=1S/C16H24BrFN2/c1-11(2)20-7-6-13(10-20)9-19-12(3)15-8-14(17)4-5-16(15)18/h4-5,8,11-13,19H,6-7,9-10H2,1-3H3. The summed E-state index contributed by atoms with van der Waals surface area (Å²) < 4.78 is 14.7. The van der Waals surface area contributed by atoms with E-state index >= 15 is 0 Å². The van der Waals surface area contributed by atoms with Gasteiger partial charge in [-0.25, -0.2) is 4.39 Å². The number of nitrogens with zero attached hydrogens (tertiary/aromatic N) is 1. The zero-order chi connectivity index (χ0) is 14.7. The Morgan fingerprint density at radius 3 is 2.80 bits per heavy atom. The molecule has 1 aliphatic rings. The van der Waals surface area contributed by atoms with Crippen molar-refractivity contribution < 1.29 is 4.39 Å². The first kappa shape index (κ1) is 15.9. The lowest BCUT2D eigenvalue weighted by Gasteiger charge is -2.21. The van der Waals surface area contributed by atoms with Crippen molar-refractivity contribution in [1.82, 2.24) is 10.2 Å². The predicted molar refractivity (Wildman–Crippen MR) is 85.3 cm³/mol. The van der Waals surface area contributed by atoms with Crippen molar-refractivity contribution >= 4 is 15.9 Å². The summed E-state index contributed by atoms with van der Waals surface area (Å²) in [7, 11) is 0. The van der Waals surface area contributed by atoms with Gasteiger partial charge in [-0.3, -0.25) is 0 Å². The van der Waals surface area contributed by atoms with Gasteiger partial charge in [0.05, 0.1) is 0 Å². The minimum Gasteiger partial charge on any atom is -0.310 e. The number of rotatable bonds is 5. The maximum atomic E-state index is 13.8. The summed E-state index contributed by atoms with van der Waals surface area (Å²) in [6.07, 6.45) is 1.23. The van der Waals surface area contributed by atoms with Gasteiger partial charge in [-0.05, 0) is 64.4 Å². The Morgan fingerprint density at radius 1 is 1.40 bits per heavy atom. The van der Waals surface area contributed by atoms with Crippen molar-refractivity contribution in [2.75, 3.05) is 19.6 Å². The van der Waals surface area contributed by atoms with Crippen LogP contribution in [0.25, 0.3) is 0 Å². The Bertz CT molecular complexity index is 450. The minimum atomic E-state index is -0.136. The summed E-state index contributed by atoms with van der Waals surface area (Å²) in [5.41, 5.74) is 0.734. The highest BCUT2D eigenvalue weighted by atomic mass is 79.9. The molecule has 1 heterocycles. The van der Waals surface area contributed by atoms with Gasteiger partial charge in [0.15, 0.2) is 0 Å². The van der Waals surface area contributed by atoms with Gasteiger partial charge in [0.2, 0.25) is 0 Å². The van der Waals surface area contributed by atoms with Crippen molar-refractivity contribution in [1.29, 1.82) is 0 Å². The van der Waals surface area contributed by atoms with E-state index in [1.807, 2.05) is 13.0 Å². The number of halogens is 2. The second-order valence-corrected chi connectivity index (χ2v) is 6.95. The molecule has 0 aliphatic carbocycles. The second kappa shape index (κ2) is 7.01. The summed E-state index contributed by atoms with van der Waals surface area (Å²) >= 11 is 3.40. The molecule has 1 aromatic rings. The summed E-state index contributed by atoms with van der Waals surface area (Å²) in [4.78, 5) is 2.51. The SMILES string of the molecule is CC(NCC1CCN(C(C)C)C1)c1cc(Br)ccc1F. The van der Waals surface area contributed by atoms with Gasteiger partial charge in [0, 0.05) is 28.7 Å². The van der Waals surface area contributed by atoms with Crippen molar-refractivity contribution in [3.05, 3.63) is 34.1 Å². The fourth-order valence-corrected chi connectivity index (χ4v) is 3.18. The van der Waals surface area contributed by atoms with Gasteiger partial charge in [-0.1, -0.05) is 15.9 Å². The number of benzene rings is 1.